The third-order valence-corrected chi connectivity index (χ3v) is 4.60. The lowest BCUT2D eigenvalue weighted by atomic mass is 10.2. The predicted molar refractivity (Wildman–Crippen MR) is 88.3 cm³/mol. The Morgan fingerprint density at radius 1 is 1.24 bits per heavy atom. The van der Waals surface area contributed by atoms with Gasteiger partial charge in [-0.05, 0) is 18.7 Å². The summed E-state index contributed by atoms with van der Waals surface area (Å²) in [6, 6.07) is 5.44. The summed E-state index contributed by atoms with van der Waals surface area (Å²) in [5.41, 5.74) is 0.771. The number of amides is 1. The summed E-state index contributed by atoms with van der Waals surface area (Å²) >= 11 is 12.0. The molecule has 0 spiro atoms. The van der Waals surface area contributed by atoms with Gasteiger partial charge in [0.2, 0.25) is 5.91 Å². The number of rotatable bonds is 5. The van der Waals surface area contributed by atoms with Crippen molar-refractivity contribution in [3.63, 3.8) is 0 Å². The van der Waals surface area contributed by atoms with Crippen LogP contribution in [0.5, 0.6) is 0 Å². The van der Waals surface area contributed by atoms with Crippen LogP contribution in [-0.4, -0.2) is 55.0 Å². The minimum absolute atomic E-state index is 0.191. The van der Waals surface area contributed by atoms with Gasteiger partial charge in [0, 0.05) is 39.1 Å². The molecule has 1 aromatic rings. The van der Waals surface area contributed by atoms with Crippen LogP contribution in [0.2, 0.25) is 10.0 Å². The van der Waals surface area contributed by atoms with Crippen molar-refractivity contribution in [2.24, 2.45) is 0 Å². The lowest BCUT2D eigenvalue weighted by molar-refractivity contribution is -0.132. The average Bonchev–Trinajstić information content (AvgIpc) is 2.51. The van der Waals surface area contributed by atoms with Crippen LogP contribution in [0.1, 0.15) is 13.3 Å². The molecule has 6 heteroatoms. The van der Waals surface area contributed by atoms with E-state index in [9.17, 15) is 4.79 Å². The Kier molecular flexibility index (Phi) is 6.15. The highest BCUT2D eigenvalue weighted by atomic mass is 35.5. The van der Waals surface area contributed by atoms with Gasteiger partial charge < -0.3 is 15.1 Å². The van der Waals surface area contributed by atoms with Gasteiger partial charge in [0.15, 0.2) is 0 Å². The van der Waals surface area contributed by atoms with E-state index in [-0.39, 0.29) is 5.91 Å². The van der Waals surface area contributed by atoms with Gasteiger partial charge in [0.25, 0.3) is 0 Å². The molecule has 1 aliphatic rings. The van der Waals surface area contributed by atoms with Crippen LogP contribution in [0, 0.1) is 0 Å². The Morgan fingerprint density at radius 2 is 1.95 bits per heavy atom. The first-order chi connectivity index (χ1) is 10.1. The average molecular weight is 330 g/mol. The molecule has 1 saturated heterocycles. The number of halogens is 2. The molecule has 2 rings (SSSR count). The Hall–Kier alpha value is -0.970. The van der Waals surface area contributed by atoms with E-state index in [0.29, 0.717) is 23.0 Å². The minimum atomic E-state index is 0.191. The van der Waals surface area contributed by atoms with Crippen LogP contribution in [-0.2, 0) is 4.79 Å². The zero-order valence-electron chi connectivity index (χ0n) is 12.2. The Balaban J connectivity index is 1.76. The van der Waals surface area contributed by atoms with Crippen molar-refractivity contribution in [2.45, 2.75) is 13.3 Å². The lowest BCUT2D eigenvalue weighted by Crippen LogP contribution is -2.48. The number of benzene rings is 1. The number of likely N-dealkylation sites (N-methyl/N-ethyl adjacent to an activating group) is 1. The van der Waals surface area contributed by atoms with E-state index in [0.717, 1.165) is 38.4 Å². The van der Waals surface area contributed by atoms with E-state index >= 15 is 0 Å². The van der Waals surface area contributed by atoms with Gasteiger partial charge in [-0.25, -0.2) is 0 Å². The highest BCUT2D eigenvalue weighted by Crippen LogP contribution is 2.29. The number of anilines is 1. The van der Waals surface area contributed by atoms with Crippen molar-refractivity contribution in [1.29, 1.82) is 0 Å². The molecule has 1 N–H and O–H groups in total. The second-order valence-electron chi connectivity index (χ2n) is 5.09. The quantitative estimate of drug-likeness (QED) is 0.902. The van der Waals surface area contributed by atoms with E-state index in [1.807, 2.05) is 17.0 Å². The van der Waals surface area contributed by atoms with Crippen molar-refractivity contribution in [1.82, 2.24) is 9.80 Å². The van der Waals surface area contributed by atoms with Gasteiger partial charge in [-0.15, -0.1) is 0 Å². The molecule has 0 unspecified atom stereocenters. The second kappa shape index (κ2) is 7.87. The maximum atomic E-state index is 12.1. The number of nitrogens with zero attached hydrogens (tertiary/aromatic N) is 2. The normalized spacial score (nSPS) is 16.0. The van der Waals surface area contributed by atoms with E-state index in [4.69, 9.17) is 23.2 Å². The largest absolute Gasteiger partial charge is 0.383 e. The molecular weight excluding hydrogens is 309 g/mol. The maximum Gasteiger partial charge on any atom is 0.224 e. The fourth-order valence-corrected chi connectivity index (χ4v) is 2.78. The Labute approximate surface area is 136 Å². The zero-order chi connectivity index (χ0) is 15.2. The first-order valence-electron chi connectivity index (χ1n) is 7.30. The molecular formula is C15H21Cl2N3O. The zero-order valence-corrected chi connectivity index (χ0v) is 13.8. The lowest BCUT2D eigenvalue weighted by Gasteiger charge is -2.34. The molecule has 116 valence electrons. The summed E-state index contributed by atoms with van der Waals surface area (Å²) in [7, 11) is 0. The number of nitrogens with one attached hydrogen (secondary N) is 1. The molecule has 0 saturated carbocycles. The summed E-state index contributed by atoms with van der Waals surface area (Å²) in [6.07, 6.45) is 0.467. The van der Waals surface area contributed by atoms with Gasteiger partial charge in [0.1, 0.15) is 0 Å². The van der Waals surface area contributed by atoms with Crippen LogP contribution in [0.4, 0.5) is 5.69 Å². The van der Waals surface area contributed by atoms with Gasteiger partial charge in [-0.1, -0.05) is 36.2 Å². The molecule has 1 aromatic carbocycles. The molecule has 1 heterocycles. The standard InChI is InChI=1S/C15H21Cl2N3O/c1-2-19-8-10-20(11-9-19)14(21)6-7-18-13-5-3-4-12(16)15(13)17/h3-5,18H,2,6-11H2,1H3. The van der Waals surface area contributed by atoms with Gasteiger partial charge in [0.05, 0.1) is 15.7 Å². The van der Waals surface area contributed by atoms with Crippen LogP contribution in [0.15, 0.2) is 18.2 Å². The second-order valence-corrected chi connectivity index (χ2v) is 5.88. The first-order valence-corrected chi connectivity index (χ1v) is 8.05. The van der Waals surface area contributed by atoms with Crippen LogP contribution < -0.4 is 5.32 Å². The molecule has 0 aromatic heterocycles. The monoisotopic (exact) mass is 329 g/mol. The summed E-state index contributed by atoms with van der Waals surface area (Å²) in [4.78, 5) is 16.4. The molecule has 0 atom stereocenters. The van der Waals surface area contributed by atoms with E-state index in [1.54, 1.807) is 6.07 Å². The van der Waals surface area contributed by atoms with E-state index in [2.05, 4.69) is 17.1 Å². The summed E-state index contributed by atoms with van der Waals surface area (Å²) in [5.74, 6) is 0.191. The van der Waals surface area contributed by atoms with Gasteiger partial charge in [-0.2, -0.15) is 0 Å². The minimum Gasteiger partial charge on any atom is -0.383 e. The van der Waals surface area contributed by atoms with Crippen molar-refractivity contribution < 1.29 is 4.79 Å². The van der Waals surface area contributed by atoms with Crippen molar-refractivity contribution in [2.75, 3.05) is 44.6 Å². The summed E-state index contributed by atoms with van der Waals surface area (Å²) < 4.78 is 0. The maximum absolute atomic E-state index is 12.1. The molecule has 0 aliphatic carbocycles. The molecule has 0 radical (unpaired) electrons. The number of piperazine rings is 1. The number of carbonyl (C=O) groups is 1. The van der Waals surface area contributed by atoms with Crippen molar-refractivity contribution in [3.8, 4) is 0 Å². The molecule has 4 nitrogen and oxygen atoms in total. The van der Waals surface area contributed by atoms with Crippen molar-refractivity contribution in [3.05, 3.63) is 28.2 Å². The molecule has 1 fully saturated rings. The first kappa shape index (κ1) is 16.4. The van der Waals surface area contributed by atoms with Crippen LogP contribution in [0.25, 0.3) is 0 Å². The number of hydrogen-bond donors (Lipinski definition) is 1. The van der Waals surface area contributed by atoms with Gasteiger partial charge >= 0.3 is 0 Å². The summed E-state index contributed by atoms with van der Waals surface area (Å²) in [6.45, 7) is 7.35. The number of carbonyl (C=O) groups excluding carboxylic acids is 1. The molecule has 0 bridgehead atoms. The topological polar surface area (TPSA) is 35.6 Å². The van der Waals surface area contributed by atoms with E-state index in [1.165, 1.54) is 0 Å². The SMILES string of the molecule is CCN1CCN(C(=O)CCNc2cccc(Cl)c2Cl)CC1. The molecule has 1 aliphatic heterocycles. The predicted octanol–water partition coefficient (Wildman–Crippen LogP) is 2.96. The Morgan fingerprint density at radius 3 is 2.62 bits per heavy atom. The fraction of sp³-hybridized carbons (Fsp3) is 0.533. The molecule has 1 amide bonds. The van der Waals surface area contributed by atoms with Crippen molar-refractivity contribution >= 4 is 34.8 Å². The van der Waals surface area contributed by atoms with E-state index < -0.39 is 0 Å². The summed E-state index contributed by atoms with van der Waals surface area (Å²) in [5, 5.41) is 4.19. The van der Waals surface area contributed by atoms with Gasteiger partial charge in [-0.3, -0.25) is 4.79 Å². The van der Waals surface area contributed by atoms with Crippen LogP contribution in [0.3, 0.4) is 0 Å². The fourth-order valence-electron chi connectivity index (χ4n) is 2.42. The third-order valence-electron chi connectivity index (χ3n) is 3.78. The highest BCUT2D eigenvalue weighted by molar-refractivity contribution is 6.43. The smallest absolute Gasteiger partial charge is 0.224 e. The third kappa shape index (κ3) is 4.50. The highest BCUT2D eigenvalue weighted by Gasteiger charge is 2.19. The Bertz CT molecular complexity index is 488. The molecule has 21 heavy (non-hydrogen) atoms. The number of hydrogen-bond acceptors (Lipinski definition) is 3. The van der Waals surface area contributed by atoms with Crippen LogP contribution >= 0.6 is 23.2 Å².